The van der Waals surface area contributed by atoms with Crippen molar-refractivity contribution in [3.63, 3.8) is 0 Å². The molecule has 0 aromatic rings. The highest BCUT2D eigenvalue weighted by atomic mass is 16.3. The van der Waals surface area contributed by atoms with E-state index < -0.39 is 0 Å². The molecular weight excluding hydrogens is 142 g/mol. The Morgan fingerprint density at radius 3 is 2.82 bits per heavy atom. The summed E-state index contributed by atoms with van der Waals surface area (Å²) in [4.78, 5) is 11.1. The van der Waals surface area contributed by atoms with Crippen molar-refractivity contribution in [1.29, 1.82) is 0 Å². The summed E-state index contributed by atoms with van der Waals surface area (Å²) < 4.78 is 0. The van der Waals surface area contributed by atoms with Crippen molar-refractivity contribution in [2.75, 3.05) is 13.2 Å². The summed E-state index contributed by atoms with van der Waals surface area (Å²) in [5.74, 6) is 0.990. The SMILES string of the molecule is C[C@@H]1C[C@H]1C(=O)NCCCO. The average molecular weight is 157 g/mol. The van der Waals surface area contributed by atoms with Gasteiger partial charge < -0.3 is 10.4 Å². The van der Waals surface area contributed by atoms with E-state index in [0.717, 1.165) is 6.42 Å². The van der Waals surface area contributed by atoms with Crippen LogP contribution in [0.1, 0.15) is 19.8 Å². The lowest BCUT2D eigenvalue weighted by Gasteiger charge is -2.01. The van der Waals surface area contributed by atoms with Crippen molar-refractivity contribution in [3.8, 4) is 0 Å². The fourth-order valence-electron chi connectivity index (χ4n) is 1.11. The molecule has 0 spiro atoms. The lowest BCUT2D eigenvalue weighted by Crippen LogP contribution is -2.26. The van der Waals surface area contributed by atoms with E-state index in [-0.39, 0.29) is 18.4 Å². The van der Waals surface area contributed by atoms with E-state index in [1.54, 1.807) is 0 Å². The number of amides is 1. The summed E-state index contributed by atoms with van der Waals surface area (Å²) in [5.41, 5.74) is 0. The molecule has 3 nitrogen and oxygen atoms in total. The Labute approximate surface area is 66.8 Å². The standard InChI is InChI=1S/C8H15NO2/c1-6-5-7(6)8(11)9-3-2-4-10/h6-7,10H,2-5H2,1H3,(H,9,11)/t6-,7-/m1/s1. The minimum absolute atomic E-state index is 0.153. The Morgan fingerprint density at radius 2 is 2.36 bits per heavy atom. The Balaban J connectivity index is 2.03. The number of aliphatic hydroxyl groups excluding tert-OH is 1. The largest absolute Gasteiger partial charge is 0.396 e. The van der Waals surface area contributed by atoms with E-state index in [2.05, 4.69) is 12.2 Å². The molecule has 11 heavy (non-hydrogen) atoms. The molecule has 1 amide bonds. The highest BCUT2D eigenvalue weighted by molar-refractivity contribution is 5.81. The second kappa shape index (κ2) is 3.72. The Kier molecular flexibility index (Phi) is 2.88. The fourth-order valence-corrected chi connectivity index (χ4v) is 1.11. The van der Waals surface area contributed by atoms with Gasteiger partial charge in [-0.05, 0) is 18.8 Å². The fraction of sp³-hybridized carbons (Fsp3) is 0.875. The third kappa shape index (κ3) is 2.50. The topological polar surface area (TPSA) is 49.3 Å². The van der Waals surface area contributed by atoms with Crippen molar-refractivity contribution in [2.24, 2.45) is 11.8 Å². The number of hydrogen-bond acceptors (Lipinski definition) is 2. The molecule has 0 heterocycles. The van der Waals surface area contributed by atoms with Crippen LogP contribution in [0.5, 0.6) is 0 Å². The van der Waals surface area contributed by atoms with Gasteiger partial charge in [-0.2, -0.15) is 0 Å². The van der Waals surface area contributed by atoms with Crippen molar-refractivity contribution < 1.29 is 9.90 Å². The summed E-state index contributed by atoms with van der Waals surface area (Å²) in [6.07, 6.45) is 1.69. The number of aliphatic hydroxyl groups is 1. The maximum atomic E-state index is 11.1. The highest BCUT2D eigenvalue weighted by Crippen LogP contribution is 2.37. The van der Waals surface area contributed by atoms with E-state index in [1.165, 1.54) is 0 Å². The highest BCUT2D eigenvalue weighted by Gasteiger charge is 2.38. The number of rotatable bonds is 4. The molecule has 0 bridgehead atoms. The quantitative estimate of drug-likeness (QED) is 0.570. The van der Waals surface area contributed by atoms with Gasteiger partial charge in [-0.1, -0.05) is 6.92 Å². The molecule has 2 N–H and O–H groups in total. The molecule has 3 heteroatoms. The molecular formula is C8H15NO2. The molecule has 1 rings (SSSR count). The minimum atomic E-state index is 0.153. The van der Waals surface area contributed by atoms with Crippen molar-refractivity contribution >= 4 is 5.91 Å². The monoisotopic (exact) mass is 157 g/mol. The van der Waals surface area contributed by atoms with Crippen LogP contribution in [0, 0.1) is 11.8 Å². The van der Waals surface area contributed by atoms with Crippen LogP contribution in [0.3, 0.4) is 0 Å². The van der Waals surface area contributed by atoms with Gasteiger partial charge in [-0.25, -0.2) is 0 Å². The van der Waals surface area contributed by atoms with Crippen LogP contribution >= 0.6 is 0 Å². The predicted octanol–water partition coefficient (Wildman–Crippen LogP) is 0.141. The molecule has 64 valence electrons. The maximum absolute atomic E-state index is 11.1. The Bertz CT molecular complexity index is 147. The summed E-state index contributed by atoms with van der Waals surface area (Å²) in [6.45, 7) is 2.84. The molecule has 1 fully saturated rings. The van der Waals surface area contributed by atoms with Gasteiger partial charge in [0, 0.05) is 19.1 Å². The van der Waals surface area contributed by atoms with Gasteiger partial charge in [0.1, 0.15) is 0 Å². The molecule has 0 aliphatic heterocycles. The van der Waals surface area contributed by atoms with E-state index >= 15 is 0 Å². The van der Waals surface area contributed by atoms with Crippen LogP contribution in [-0.4, -0.2) is 24.2 Å². The zero-order chi connectivity index (χ0) is 8.27. The van der Waals surface area contributed by atoms with Gasteiger partial charge in [0.05, 0.1) is 0 Å². The van der Waals surface area contributed by atoms with Crippen LogP contribution in [-0.2, 0) is 4.79 Å². The molecule has 1 aliphatic carbocycles. The van der Waals surface area contributed by atoms with E-state index in [4.69, 9.17) is 5.11 Å². The van der Waals surface area contributed by atoms with Gasteiger partial charge in [0.25, 0.3) is 0 Å². The van der Waals surface area contributed by atoms with Crippen LogP contribution in [0.4, 0.5) is 0 Å². The van der Waals surface area contributed by atoms with Crippen LogP contribution in [0.15, 0.2) is 0 Å². The normalized spacial score (nSPS) is 28.2. The van der Waals surface area contributed by atoms with Crippen LogP contribution < -0.4 is 5.32 Å². The lowest BCUT2D eigenvalue weighted by atomic mass is 10.3. The third-order valence-electron chi connectivity index (χ3n) is 2.08. The van der Waals surface area contributed by atoms with E-state index in [9.17, 15) is 4.79 Å². The van der Waals surface area contributed by atoms with Crippen molar-refractivity contribution in [2.45, 2.75) is 19.8 Å². The third-order valence-corrected chi connectivity index (χ3v) is 2.08. The summed E-state index contributed by atoms with van der Waals surface area (Å²) in [7, 11) is 0. The number of carbonyl (C=O) groups is 1. The number of nitrogens with one attached hydrogen (secondary N) is 1. The summed E-state index contributed by atoms with van der Waals surface area (Å²) >= 11 is 0. The second-order valence-corrected chi connectivity index (χ2v) is 3.19. The van der Waals surface area contributed by atoms with Gasteiger partial charge in [0.15, 0.2) is 0 Å². The molecule has 0 aromatic carbocycles. The second-order valence-electron chi connectivity index (χ2n) is 3.19. The smallest absolute Gasteiger partial charge is 0.223 e. The van der Waals surface area contributed by atoms with Crippen LogP contribution in [0.2, 0.25) is 0 Å². The first-order valence-corrected chi connectivity index (χ1v) is 4.14. The molecule has 1 saturated carbocycles. The van der Waals surface area contributed by atoms with Crippen molar-refractivity contribution in [3.05, 3.63) is 0 Å². The summed E-state index contributed by atoms with van der Waals surface area (Å²) in [6, 6.07) is 0. The van der Waals surface area contributed by atoms with Gasteiger partial charge >= 0.3 is 0 Å². The molecule has 0 unspecified atom stereocenters. The molecule has 0 aromatic heterocycles. The van der Waals surface area contributed by atoms with E-state index in [0.29, 0.717) is 18.9 Å². The van der Waals surface area contributed by atoms with Crippen LogP contribution in [0.25, 0.3) is 0 Å². The predicted molar refractivity (Wildman–Crippen MR) is 42.0 cm³/mol. The van der Waals surface area contributed by atoms with Gasteiger partial charge in [-0.3, -0.25) is 4.79 Å². The zero-order valence-electron chi connectivity index (χ0n) is 6.84. The first-order valence-electron chi connectivity index (χ1n) is 4.14. The summed E-state index contributed by atoms with van der Waals surface area (Å²) in [5, 5.41) is 11.2. The zero-order valence-corrected chi connectivity index (χ0v) is 6.84. The lowest BCUT2D eigenvalue weighted by molar-refractivity contribution is -0.122. The van der Waals surface area contributed by atoms with E-state index in [1.807, 2.05) is 0 Å². The Morgan fingerprint density at radius 1 is 1.73 bits per heavy atom. The average Bonchev–Trinajstić information content (AvgIpc) is 2.67. The minimum Gasteiger partial charge on any atom is -0.396 e. The Hall–Kier alpha value is -0.570. The molecule has 2 atom stereocenters. The van der Waals surface area contributed by atoms with Gasteiger partial charge in [-0.15, -0.1) is 0 Å². The first-order chi connectivity index (χ1) is 5.25. The first kappa shape index (κ1) is 8.53. The van der Waals surface area contributed by atoms with Gasteiger partial charge in [0.2, 0.25) is 5.91 Å². The van der Waals surface area contributed by atoms with Crippen molar-refractivity contribution in [1.82, 2.24) is 5.32 Å². The maximum Gasteiger partial charge on any atom is 0.223 e. The molecule has 0 radical (unpaired) electrons. The molecule has 1 aliphatic rings. The number of carbonyl (C=O) groups excluding carboxylic acids is 1. The number of hydrogen-bond donors (Lipinski definition) is 2. The molecule has 0 saturated heterocycles.